The predicted molar refractivity (Wildman–Crippen MR) is 115 cm³/mol. The second-order valence-corrected chi connectivity index (χ2v) is 8.72. The van der Waals surface area contributed by atoms with E-state index >= 15 is 0 Å². The summed E-state index contributed by atoms with van der Waals surface area (Å²) in [7, 11) is 0. The second-order valence-electron chi connectivity index (χ2n) is 8.72. The standard InChI is InChI=1S/C24H30N2O4/c1-24(2,3)30-23(29)25-21-15-26(14-17-7-5-4-6-8-17)22(28)13-20(21)19-11-9-18(16-27)10-12-19/h4-12,20-21,27H,13-16H2,1-3H3,(H,25,29)/t20-,21+/m1/s1. The van der Waals surface area contributed by atoms with Crippen molar-refractivity contribution in [3.8, 4) is 0 Å². The molecule has 0 saturated carbocycles. The molecule has 1 aliphatic rings. The summed E-state index contributed by atoms with van der Waals surface area (Å²) in [5, 5.41) is 12.3. The molecule has 2 aromatic carbocycles. The van der Waals surface area contributed by atoms with E-state index in [0.29, 0.717) is 19.5 Å². The Kier molecular flexibility index (Phi) is 6.77. The van der Waals surface area contributed by atoms with Crippen molar-refractivity contribution >= 4 is 12.0 Å². The molecule has 160 valence electrons. The zero-order chi connectivity index (χ0) is 21.7. The van der Waals surface area contributed by atoms with Gasteiger partial charge in [-0.3, -0.25) is 4.79 Å². The first-order valence-electron chi connectivity index (χ1n) is 10.3. The quantitative estimate of drug-likeness (QED) is 0.790. The van der Waals surface area contributed by atoms with Crippen molar-refractivity contribution in [3.63, 3.8) is 0 Å². The van der Waals surface area contributed by atoms with Crippen LogP contribution in [0.1, 0.15) is 49.8 Å². The van der Waals surface area contributed by atoms with Crippen molar-refractivity contribution in [1.82, 2.24) is 10.2 Å². The predicted octanol–water partition coefficient (Wildman–Crippen LogP) is 3.59. The number of alkyl carbamates (subject to hydrolysis) is 1. The van der Waals surface area contributed by atoms with Crippen LogP contribution in [0.4, 0.5) is 4.79 Å². The number of hydrogen-bond acceptors (Lipinski definition) is 4. The van der Waals surface area contributed by atoms with Gasteiger partial charge in [-0.05, 0) is 37.5 Å². The average Bonchev–Trinajstić information content (AvgIpc) is 2.70. The Hall–Kier alpha value is -2.86. The van der Waals surface area contributed by atoms with Gasteiger partial charge in [0.05, 0.1) is 12.6 Å². The van der Waals surface area contributed by atoms with Gasteiger partial charge in [-0.2, -0.15) is 0 Å². The van der Waals surface area contributed by atoms with Gasteiger partial charge in [0.1, 0.15) is 5.60 Å². The summed E-state index contributed by atoms with van der Waals surface area (Å²) >= 11 is 0. The van der Waals surface area contributed by atoms with Crippen LogP contribution in [0.15, 0.2) is 54.6 Å². The number of carbonyl (C=O) groups excluding carboxylic acids is 2. The fraction of sp³-hybridized carbons (Fsp3) is 0.417. The van der Waals surface area contributed by atoms with Crippen molar-refractivity contribution in [2.24, 2.45) is 0 Å². The van der Waals surface area contributed by atoms with Crippen LogP contribution >= 0.6 is 0 Å². The summed E-state index contributed by atoms with van der Waals surface area (Å²) in [6.07, 6.45) is -0.190. The second kappa shape index (κ2) is 9.30. The number of aliphatic hydroxyl groups excluding tert-OH is 1. The molecule has 0 aromatic heterocycles. The zero-order valence-electron chi connectivity index (χ0n) is 17.8. The van der Waals surface area contributed by atoms with Crippen molar-refractivity contribution in [3.05, 3.63) is 71.3 Å². The molecule has 1 saturated heterocycles. The fourth-order valence-electron chi connectivity index (χ4n) is 3.71. The van der Waals surface area contributed by atoms with Gasteiger partial charge in [-0.25, -0.2) is 4.79 Å². The van der Waals surface area contributed by atoms with E-state index in [-0.39, 0.29) is 24.5 Å². The van der Waals surface area contributed by atoms with Crippen molar-refractivity contribution in [2.75, 3.05) is 6.54 Å². The Morgan fingerprint density at radius 2 is 1.77 bits per heavy atom. The van der Waals surface area contributed by atoms with Gasteiger partial charge in [0.15, 0.2) is 0 Å². The average molecular weight is 411 g/mol. The molecule has 0 radical (unpaired) electrons. The van der Waals surface area contributed by atoms with Crippen LogP contribution < -0.4 is 5.32 Å². The Morgan fingerprint density at radius 3 is 2.37 bits per heavy atom. The van der Waals surface area contributed by atoms with E-state index in [9.17, 15) is 14.7 Å². The van der Waals surface area contributed by atoms with Gasteiger partial charge >= 0.3 is 6.09 Å². The molecule has 1 fully saturated rings. The van der Waals surface area contributed by atoms with Gasteiger partial charge in [-0.1, -0.05) is 54.6 Å². The lowest BCUT2D eigenvalue weighted by Gasteiger charge is -2.39. The molecule has 2 aromatic rings. The van der Waals surface area contributed by atoms with Crippen LogP contribution in [0.25, 0.3) is 0 Å². The Labute approximate surface area is 177 Å². The number of piperidine rings is 1. The first-order valence-corrected chi connectivity index (χ1v) is 10.3. The van der Waals surface area contributed by atoms with Crippen LogP contribution in [0.3, 0.4) is 0 Å². The zero-order valence-corrected chi connectivity index (χ0v) is 17.8. The molecule has 1 heterocycles. The van der Waals surface area contributed by atoms with E-state index < -0.39 is 11.7 Å². The van der Waals surface area contributed by atoms with Crippen molar-refractivity contribution in [2.45, 2.75) is 57.9 Å². The fourth-order valence-corrected chi connectivity index (χ4v) is 3.71. The van der Waals surface area contributed by atoms with E-state index in [2.05, 4.69) is 5.32 Å². The Bertz CT molecular complexity index is 859. The van der Waals surface area contributed by atoms with Gasteiger partial charge in [0.25, 0.3) is 0 Å². The van der Waals surface area contributed by atoms with E-state index in [4.69, 9.17) is 4.74 Å². The highest BCUT2D eigenvalue weighted by atomic mass is 16.6. The van der Waals surface area contributed by atoms with Crippen LogP contribution in [0.2, 0.25) is 0 Å². The number of carbonyl (C=O) groups is 2. The lowest BCUT2D eigenvalue weighted by molar-refractivity contribution is -0.135. The SMILES string of the molecule is CC(C)(C)OC(=O)N[C@H]1CN(Cc2ccccc2)C(=O)C[C@@H]1c1ccc(CO)cc1. The molecule has 0 spiro atoms. The highest BCUT2D eigenvalue weighted by Gasteiger charge is 2.36. The third-order valence-electron chi connectivity index (χ3n) is 5.16. The molecule has 30 heavy (non-hydrogen) atoms. The van der Waals surface area contributed by atoms with Crippen molar-refractivity contribution in [1.29, 1.82) is 0 Å². The van der Waals surface area contributed by atoms with E-state index in [1.807, 2.05) is 75.4 Å². The van der Waals surface area contributed by atoms with Crippen molar-refractivity contribution < 1.29 is 19.4 Å². The maximum atomic E-state index is 12.9. The molecule has 0 unspecified atom stereocenters. The molecular weight excluding hydrogens is 380 g/mol. The number of aliphatic hydroxyl groups is 1. The lowest BCUT2D eigenvalue weighted by atomic mass is 9.84. The van der Waals surface area contributed by atoms with Crippen LogP contribution in [0.5, 0.6) is 0 Å². The summed E-state index contributed by atoms with van der Waals surface area (Å²) < 4.78 is 5.45. The topological polar surface area (TPSA) is 78.9 Å². The van der Waals surface area contributed by atoms with E-state index in [1.54, 1.807) is 4.90 Å². The number of rotatable bonds is 5. The monoisotopic (exact) mass is 410 g/mol. The molecule has 2 N–H and O–H groups in total. The van der Waals surface area contributed by atoms with E-state index in [0.717, 1.165) is 16.7 Å². The summed E-state index contributed by atoms with van der Waals surface area (Å²) in [6.45, 7) is 6.34. The summed E-state index contributed by atoms with van der Waals surface area (Å²) in [6, 6.07) is 17.1. The number of nitrogens with one attached hydrogen (secondary N) is 1. The number of hydrogen-bond donors (Lipinski definition) is 2. The summed E-state index contributed by atoms with van der Waals surface area (Å²) in [5.74, 6) is -0.109. The highest BCUT2D eigenvalue weighted by molar-refractivity contribution is 5.79. The first kappa shape index (κ1) is 21.8. The maximum Gasteiger partial charge on any atom is 0.407 e. The normalized spacial score (nSPS) is 19.5. The van der Waals surface area contributed by atoms with Gasteiger partial charge in [0, 0.05) is 25.4 Å². The number of nitrogens with zero attached hydrogens (tertiary/aromatic N) is 1. The molecule has 0 bridgehead atoms. The molecule has 6 nitrogen and oxygen atoms in total. The van der Waals surface area contributed by atoms with Gasteiger partial charge in [-0.15, -0.1) is 0 Å². The summed E-state index contributed by atoms with van der Waals surface area (Å²) in [5.41, 5.74) is 2.22. The molecular formula is C24H30N2O4. The minimum absolute atomic E-state index is 0.0334. The van der Waals surface area contributed by atoms with Crippen LogP contribution in [-0.4, -0.2) is 40.2 Å². The minimum Gasteiger partial charge on any atom is -0.444 e. The Balaban J connectivity index is 1.81. The number of likely N-dealkylation sites (tertiary alicyclic amines) is 1. The molecule has 3 rings (SSSR count). The minimum atomic E-state index is -0.601. The van der Waals surface area contributed by atoms with Crippen LogP contribution in [0, 0.1) is 0 Å². The van der Waals surface area contributed by atoms with Crippen LogP contribution in [-0.2, 0) is 22.7 Å². The van der Waals surface area contributed by atoms with Gasteiger partial charge in [0.2, 0.25) is 5.91 Å². The lowest BCUT2D eigenvalue weighted by Crippen LogP contribution is -2.54. The largest absolute Gasteiger partial charge is 0.444 e. The third kappa shape index (κ3) is 5.83. The third-order valence-corrected chi connectivity index (χ3v) is 5.16. The summed E-state index contributed by atoms with van der Waals surface area (Å²) in [4.78, 5) is 27.2. The molecule has 2 atom stereocenters. The van der Waals surface area contributed by atoms with Gasteiger partial charge < -0.3 is 20.1 Å². The number of amides is 2. The molecule has 1 aliphatic heterocycles. The smallest absolute Gasteiger partial charge is 0.407 e. The first-order chi connectivity index (χ1) is 14.2. The highest BCUT2D eigenvalue weighted by Crippen LogP contribution is 2.30. The molecule has 6 heteroatoms. The number of benzene rings is 2. The molecule has 0 aliphatic carbocycles. The Morgan fingerprint density at radius 1 is 1.10 bits per heavy atom. The van der Waals surface area contributed by atoms with E-state index in [1.165, 1.54) is 0 Å². The number of ether oxygens (including phenoxy) is 1. The molecule has 2 amide bonds. The maximum absolute atomic E-state index is 12.9.